The molecule has 1 aliphatic heterocycles. The molecule has 1 aliphatic rings. The topological polar surface area (TPSA) is 3.24 Å². The zero-order valence-corrected chi connectivity index (χ0v) is 8.49. The highest BCUT2D eigenvalue weighted by atomic mass is 19.1. The van der Waals surface area contributed by atoms with Crippen LogP contribution >= 0.6 is 0 Å². The number of hydrogen-bond donors (Lipinski definition) is 0. The molecule has 1 saturated heterocycles. The summed E-state index contributed by atoms with van der Waals surface area (Å²) in [6.45, 7) is 3.63. The molecule has 1 fully saturated rings. The second-order valence-electron chi connectivity index (χ2n) is 3.97. The number of nitrogens with zero attached hydrogens (tertiary/aromatic N) is 1. The lowest BCUT2D eigenvalue weighted by Crippen LogP contribution is -2.24. The average molecular weight is 193 g/mol. The summed E-state index contributed by atoms with van der Waals surface area (Å²) in [6, 6.07) is 10.6. The highest BCUT2D eigenvalue weighted by Crippen LogP contribution is 2.25. The van der Waals surface area contributed by atoms with Crippen molar-refractivity contribution in [3.63, 3.8) is 0 Å². The molecule has 1 aromatic carbocycles. The zero-order chi connectivity index (χ0) is 9.97. The van der Waals surface area contributed by atoms with Gasteiger partial charge in [0, 0.05) is 19.1 Å². The summed E-state index contributed by atoms with van der Waals surface area (Å²) < 4.78 is 13.0. The molecule has 0 N–H and O–H groups in total. The lowest BCUT2D eigenvalue weighted by Gasteiger charge is -2.23. The molecule has 76 valence electrons. The van der Waals surface area contributed by atoms with E-state index >= 15 is 0 Å². The molecule has 0 aromatic heterocycles. The van der Waals surface area contributed by atoms with Crippen LogP contribution in [0.4, 0.5) is 4.39 Å². The van der Waals surface area contributed by atoms with E-state index in [1.165, 1.54) is 5.56 Å². The van der Waals surface area contributed by atoms with Crippen molar-refractivity contribution < 1.29 is 4.39 Å². The van der Waals surface area contributed by atoms with E-state index in [2.05, 4.69) is 24.0 Å². The third-order valence-electron chi connectivity index (χ3n) is 2.99. The van der Waals surface area contributed by atoms with Gasteiger partial charge < -0.3 is 0 Å². The molecule has 0 amide bonds. The van der Waals surface area contributed by atoms with Crippen LogP contribution in [-0.4, -0.2) is 24.2 Å². The molecule has 14 heavy (non-hydrogen) atoms. The monoisotopic (exact) mass is 193 g/mol. The third-order valence-corrected chi connectivity index (χ3v) is 2.99. The fraction of sp³-hybridized carbons (Fsp3) is 0.500. The molecule has 0 unspecified atom stereocenters. The van der Waals surface area contributed by atoms with Crippen molar-refractivity contribution in [2.45, 2.75) is 25.6 Å². The smallest absolute Gasteiger partial charge is 0.114 e. The van der Waals surface area contributed by atoms with E-state index in [1.54, 1.807) is 0 Å². The van der Waals surface area contributed by atoms with Gasteiger partial charge in [-0.25, -0.2) is 4.39 Å². The Kier molecular flexibility index (Phi) is 2.82. The van der Waals surface area contributed by atoms with Gasteiger partial charge in [0.2, 0.25) is 0 Å². The largest absolute Gasteiger partial charge is 0.294 e. The number of rotatable bonds is 2. The molecular weight excluding hydrogens is 177 g/mol. The molecule has 0 aliphatic carbocycles. The predicted octanol–water partition coefficient (Wildman–Crippen LogP) is 2.79. The molecule has 1 aromatic rings. The minimum Gasteiger partial charge on any atom is -0.294 e. The molecule has 1 heterocycles. The van der Waals surface area contributed by atoms with Gasteiger partial charge in [0.05, 0.1) is 0 Å². The number of hydrogen-bond acceptors (Lipinski definition) is 1. The third kappa shape index (κ3) is 1.95. The van der Waals surface area contributed by atoms with E-state index in [-0.39, 0.29) is 0 Å². The summed E-state index contributed by atoms with van der Waals surface area (Å²) >= 11 is 0. The van der Waals surface area contributed by atoms with E-state index in [9.17, 15) is 4.39 Å². The molecular formula is C12H16FN. The molecule has 0 bridgehead atoms. The van der Waals surface area contributed by atoms with Crippen LogP contribution in [0.2, 0.25) is 0 Å². The van der Waals surface area contributed by atoms with Crippen LogP contribution in [0.25, 0.3) is 0 Å². The van der Waals surface area contributed by atoms with Crippen LogP contribution in [-0.2, 0) is 0 Å². The van der Waals surface area contributed by atoms with E-state index in [4.69, 9.17) is 0 Å². The van der Waals surface area contributed by atoms with Crippen LogP contribution in [0, 0.1) is 0 Å². The lowest BCUT2D eigenvalue weighted by atomic mass is 10.1. The Labute approximate surface area is 84.5 Å². The molecule has 2 heteroatoms. The molecule has 0 radical (unpaired) electrons. The second kappa shape index (κ2) is 4.09. The predicted molar refractivity (Wildman–Crippen MR) is 55.9 cm³/mol. The Morgan fingerprint density at radius 2 is 2.07 bits per heavy atom. The summed E-state index contributed by atoms with van der Waals surface area (Å²) in [5.74, 6) is 0. The van der Waals surface area contributed by atoms with E-state index < -0.39 is 6.17 Å². The highest BCUT2D eigenvalue weighted by molar-refractivity contribution is 5.18. The maximum atomic E-state index is 13.0. The Bertz CT molecular complexity index is 286. The summed E-state index contributed by atoms with van der Waals surface area (Å²) in [6.07, 6.45) is 0.0677. The van der Waals surface area contributed by atoms with Crippen molar-refractivity contribution in [1.29, 1.82) is 0 Å². The number of halogens is 1. The first-order valence-corrected chi connectivity index (χ1v) is 5.20. The Hall–Kier alpha value is -0.890. The van der Waals surface area contributed by atoms with Crippen molar-refractivity contribution in [2.24, 2.45) is 0 Å². The van der Waals surface area contributed by atoms with E-state index in [0.717, 1.165) is 6.54 Å². The van der Waals surface area contributed by atoms with Crippen LogP contribution < -0.4 is 0 Å². The Morgan fingerprint density at radius 3 is 2.64 bits per heavy atom. The highest BCUT2D eigenvalue weighted by Gasteiger charge is 2.25. The van der Waals surface area contributed by atoms with Crippen molar-refractivity contribution in [1.82, 2.24) is 4.90 Å². The molecule has 2 atom stereocenters. The normalized spacial score (nSPS) is 25.1. The van der Waals surface area contributed by atoms with E-state index in [0.29, 0.717) is 19.0 Å². The maximum Gasteiger partial charge on any atom is 0.114 e. The number of likely N-dealkylation sites (tertiary alicyclic amines) is 1. The van der Waals surface area contributed by atoms with Gasteiger partial charge in [-0.05, 0) is 18.9 Å². The SMILES string of the molecule is C[C@@H](c1ccccc1)N1CC[C@H](F)C1. The summed E-state index contributed by atoms with van der Waals surface area (Å²) in [7, 11) is 0. The lowest BCUT2D eigenvalue weighted by molar-refractivity contribution is 0.235. The quantitative estimate of drug-likeness (QED) is 0.698. The van der Waals surface area contributed by atoms with Crippen molar-refractivity contribution in [2.75, 3.05) is 13.1 Å². The van der Waals surface area contributed by atoms with Gasteiger partial charge >= 0.3 is 0 Å². The zero-order valence-electron chi connectivity index (χ0n) is 8.49. The maximum absolute atomic E-state index is 13.0. The van der Waals surface area contributed by atoms with Gasteiger partial charge in [0.25, 0.3) is 0 Å². The minimum atomic E-state index is -0.624. The van der Waals surface area contributed by atoms with Crippen molar-refractivity contribution >= 4 is 0 Å². The number of alkyl halides is 1. The fourth-order valence-corrected chi connectivity index (χ4v) is 2.04. The number of benzene rings is 1. The van der Waals surface area contributed by atoms with Gasteiger partial charge in [0.15, 0.2) is 0 Å². The first kappa shape index (κ1) is 9.66. The van der Waals surface area contributed by atoms with Crippen LogP contribution in [0.5, 0.6) is 0 Å². The molecule has 0 spiro atoms. The standard InChI is InChI=1S/C12H16FN/c1-10(11-5-3-2-4-6-11)14-8-7-12(13)9-14/h2-6,10,12H,7-9H2,1H3/t10-,12-/m0/s1. The fourth-order valence-electron chi connectivity index (χ4n) is 2.04. The van der Waals surface area contributed by atoms with Crippen LogP contribution in [0.15, 0.2) is 30.3 Å². The van der Waals surface area contributed by atoms with Gasteiger partial charge in [-0.3, -0.25) is 4.90 Å². The van der Waals surface area contributed by atoms with Crippen molar-refractivity contribution in [3.8, 4) is 0 Å². The summed E-state index contributed by atoms with van der Waals surface area (Å²) in [5, 5.41) is 0. The molecule has 2 rings (SSSR count). The van der Waals surface area contributed by atoms with Crippen LogP contribution in [0.1, 0.15) is 24.9 Å². The average Bonchev–Trinajstić information content (AvgIpc) is 2.65. The van der Waals surface area contributed by atoms with Gasteiger partial charge in [-0.1, -0.05) is 30.3 Å². The van der Waals surface area contributed by atoms with Crippen molar-refractivity contribution in [3.05, 3.63) is 35.9 Å². The van der Waals surface area contributed by atoms with Crippen LogP contribution in [0.3, 0.4) is 0 Å². The molecule has 0 saturated carbocycles. The van der Waals surface area contributed by atoms with Gasteiger partial charge in [0.1, 0.15) is 6.17 Å². The summed E-state index contributed by atoms with van der Waals surface area (Å²) in [5.41, 5.74) is 1.28. The first-order chi connectivity index (χ1) is 6.77. The summed E-state index contributed by atoms with van der Waals surface area (Å²) in [4.78, 5) is 2.21. The molecule has 1 nitrogen and oxygen atoms in total. The first-order valence-electron chi connectivity index (χ1n) is 5.20. The Morgan fingerprint density at radius 1 is 1.36 bits per heavy atom. The van der Waals surface area contributed by atoms with Gasteiger partial charge in [-0.2, -0.15) is 0 Å². The van der Waals surface area contributed by atoms with E-state index in [1.807, 2.05) is 18.2 Å². The minimum absolute atomic E-state index is 0.344. The van der Waals surface area contributed by atoms with Gasteiger partial charge in [-0.15, -0.1) is 0 Å². The Balaban J connectivity index is 2.05. The second-order valence-corrected chi connectivity index (χ2v) is 3.97.